The second-order valence-corrected chi connectivity index (χ2v) is 26.3. The third-order valence-corrected chi connectivity index (χ3v) is 18.4. The molecule has 0 radical (unpaired) electrons. The molecule has 3 aliphatic heterocycles. The summed E-state index contributed by atoms with van der Waals surface area (Å²) in [4.78, 5) is 129. The SMILES string of the molecule is CC1(F)C[C@H](C#N)N(C(=O)CNC(=O)c2ccnc3ccc(OCCCCC4CCN(C(=O)[C@H](O)CSCCNC(=O)[C@H](CCCCNC(=O)CCCc5ccc(I)cc5)NC(=O)CN5CCN(COC=O)CCN(COC=O)CCN(CC(=O)O)CC5)CC4)cc23)C1. The van der Waals surface area contributed by atoms with Crippen LogP contribution in [-0.2, 0) is 54.3 Å². The number of carbonyl (C=O) groups excluding carboxylic acids is 8. The molecule has 6 rings (SSSR count). The fourth-order valence-electron chi connectivity index (χ4n) is 11.4. The number of unbranched alkanes of at least 4 members (excludes halogenated alkanes) is 2. The van der Waals surface area contributed by atoms with Gasteiger partial charge in [0.05, 0.1) is 49.9 Å². The van der Waals surface area contributed by atoms with Crippen LogP contribution >= 0.6 is 34.4 Å². The number of nitrogens with one attached hydrogen (secondary N) is 4. The van der Waals surface area contributed by atoms with E-state index in [1.54, 1.807) is 34.1 Å². The number of benzene rings is 2. The number of nitriles is 1. The number of aromatic nitrogens is 1. The van der Waals surface area contributed by atoms with Crippen molar-refractivity contribution in [2.24, 2.45) is 5.92 Å². The second-order valence-electron chi connectivity index (χ2n) is 23.9. The molecular weight excluding hydrogens is 1340 g/mol. The van der Waals surface area contributed by atoms with Gasteiger partial charge in [-0.3, -0.25) is 67.7 Å². The summed E-state index contributed by atoms with van der Waals surface area (Å²) in [5.74, 6) is -1.94. The standard InChI is InChI=1S/C64H90FIN12O14S/c1-64(65)36-50(37-67)78(42-64)59(84)38-71-61(87)52-17-21-68-54-16-15-51(35-53(52)54)92-33-5-3-7-48-18-23-77(24-19-48)63(89)56(81)41-93-34-22-70-62(88)55(9-2-4-20-69-57(82)10-6-8-47-11-13-49(66)14-12-47)72-58(83)39-73-25-26-74(40-60(85)86)28-30-76(44-91-46-80)32-31-75(29-27-73)43-90-45-79/h11-17,21,35,45-46,48,50,55-56,81H,2-10,18-20,22-34,36,38-44H2,1H3,(H,69,82)(H,70,88)(H,71,87)(H,72,83)(H,85,86)/t50-,55+,56-,64?/m1/s1. The summed E-state index contributed by atoms with van der Waals surface area (Å²) in [6, 6.07) is 15.1. The topological polar surface area (TPSA) is 326 Å². The van der Waals surface area contributed by atoms with Crippen LogP contribution < -0.4 is 26.0 Å². The van der Waals surface area contributed by atoms with Crippen molar-refractivity contribution in [2.45, 2.75) is 108 Å². The number of alkyl halides is 1. The van der Waals surface area contributed by atoms with Crippen molar-refractivity contribution in [3.63, 3.8) is 0 Å². The first-order valence-electron chi connectivity index (χ1n) is 31.9. The molecule has 2 aromatic carbocycles. The average Bonchev–Trinajstić information content (AvgIpc) is 1.80. The van der Waals surface area contributed by atoms with Crippen molar-refractivity contribution in [1.29, 1.82) is 5.26 Å². The number of hydrogen-bond donors (Lipinski definition) is 6. The number of rotatable bonds is 36. The fraction of sp³-hybridized carbons (Fsp3) is 0.609. The maximum Gasteiger partial charge on any atom is 0.317 e. The van der Waals surface area contributed by atoms with E-state index in [0.29, 0.717) is 132 Å². The molecule has 3 aromatic rings. The number of aliphatic hydroxyl groups excluding tert-OH is 1. The van der Waals surface area contributed by atoms with Gasteiger partial charge in [0, 0.05) is 118 Å². The lowest BCUT2D eigenvalue weighted by Gasteiger charge is -2.33. The first-order valence-corrected chi connectivity index (χ1v) is 34.1. The number of carboxylic acid groups (broad SMARTS) is 1. The van der Waals surface area contributed by atoms with Crippen LogP contribution in [0.1, 0.15) is 93.5 Å². The zero-order valence-electron chi connectivity index (χ0n) is 53.0. The summed E-state index contributed by atoms with van der Waals surface area (Å²) < 4.78 is 31.9. The van der Waals surface area contributed by atoms with Gasteiger partial charge in [-0.1, -0.05) is 18.6 Å². The molecule has 93 heavy (non-hydrogen) atoms. The van der Waals surface area contributed by atoms with E-state index in [9.17, 15) is 63.0 Å². The number of hydrogen-bond acceptors (Lipinski definition) is 20. The Morgan fingerprint density at radius 1 is 0.817 bits per heavy atom. The van der Waals surface area contributed by atoms with E-state index in [-0.39, 0.29) is 88.7 Å². The minimum absolute atomic E-state index is 0.0103. The van der Waals surface area contributed by atoms with E-state index in [0.717, 1.165) is 52.6 Å². The van der Waals surface area contributed by atoms with Crippen LogP contribution in [0, 0.1) is 20.8 Å². The molecular formula is C64H90FIN12O14S. The number of aliphatic carboxylic acids is 1. The molecule has 510 valence electrons. The molecule has 3 saturated heterocycles. The number of carbonyl (C=O) groups is 9. The van der Waals surface area contributed by atoms with Crippen LogP contribution in [0.3, 0.4) is 0 Å². The van der Waals surface area contributed by atoms with E-state index < -0.39 is 60.0 Å². The predicted molar refractivity (Wildman–Crippen MR) is 353 cm³/mol. The summed E-state index contributed by atoms with van der Waals surface area (Å²) in [5.41, 5.74) is 0.324. The molecule has 0 bridgehead atoms. The number of likely N-dealkylation sites (tertiary alicyclic amines) is 2. The van der Waals surface area contributed by atoms with Gasteiger partial charge in [0.2, 0.25) is 23.6 Å². The van der Waals surface area contributed by atoms with E-state index in [4.69, 9.17) is 14.2 Å². The highest BCUT2D eigenvalue weighted by Gasteiger charge is 2.43. The van der Waals surface area contributed by atoms with Crippen LogP contribution in [0.4, 0.5) is 4.39 Å². The number of amides is 6. The highest BCUT2D eigenvalue weighted by molar-refractivity contribution is 14.1. The van der Waals surface area contributed by atoms with Gasteiger partial charge >= 0.3 is 5.97 Å². The van der Waals surface area contributed by atoms with Gasteiger partial charge in [-0.05, 0) is 135 Å². The Balaban J connectivity index is 0.919. The number of ether oxygens (including phenoxy) is 3. The lowest BCUT2D eigenvalue weighted by atomic mass is 9.91. The number of fused-ring (bicyclic) bond motifs is 1. The Labute approximate surface area is 560 Å². The van der Waals surface area contributed by atoms with Crippen molar-refractivity contribution < 1.29 is 72.0 Å². The normalized spacial score (nSPS) is 18.8. The lowest BCUT2D eigenvalue weighted by Crippen LogP contribution is -2.52. The van der Waals surface area contributed by atoms with Gasteiger partial charge in [0.15, 0.2) is 0 Å². The molecule has 4 atom stereocenters. The van der Waals surface area contributed by atoms with Crippen molar-refractivity contribution in [2.75, 3.05) is 136 Å². The maximum atomic E-state index is 14.6. The number of halogens is 2. The minimum Gasteiger partial charge on any atom is -0.494 e. The van der Waals surface area contributed by atoms with Crippen LogP contribution in [0.2, 0.25) is 0 Å². The predicted octanol–water partition coefficient (Wildman–Crippen LogP) is 2.78. The van der Waals surface area contributed by atoms with Gasteiger partial charge in [0.25, 0.3) is 24.8 Å². The number of nitrogens with zero attached hydrogens (tertiary/aromatic N) is 8. The molecule has 1 aromatic heterocycles. The van der Waals surface area contributed by atoms with Crippen molar-refractivity contribution in [1.82, 2.24) is 55.7 Å². The summed E-state index contributed by atoms with van der Waals surface area (Å²) in [6.07, 6.45) is 7.50. The van der Waals surface area contributed by atoms with E-state index >= 15 is 0 Å². The number of thioether (sulfide) groups is 1. The van der Waals surface area contributed by atoms with Crippen LogP contribution in [0.5, 0.6) is 5.75 Å². The molecule has 6 amide bonds. The quantitative estimate of drug-likeness (QED) is 0.0277. The molecule has 0 aliphatic carbocycles. The van der Waals surface area contributed by atoms with Crippen LogP contribution in [-0.4, -0.2) is 259 Å². The van der Waals surface area contributed by atoms with Crippen LogP contribution in [0.15, 0.2) is 54.7 Å². The van der Waals surface area contributed by atoms with Gasteiger partial charge in [-0.2, -0.15) is 17.0 Å². The Morgan fingerprint density at radius 2 is 1.48 bits per heavy atom. The van der Waals surface area contributed by atoms with Gasteiger partial charge in [-0.15, -0.1) is 0 Å². The number of piperidine rings is 1. The molecule has 0 saturated carbocycles. The number of aryl methyl sites for hydroxylation is 1. The fourth-order valence-corrected chi connectivity index (χ4v) is 12.6. The molecule has 3 aliphatic rings. The van der Waals surface area contributed by atoms with Gasteiger partial charge in [0.1, 0.15) is 43.1 Å². The number of carboxylic acids is 1. The first kappa shape index (κ1) is 75.2. The Morgan fingerprint density at radius 3 is 2.14 bits per heavy atom. The lowest BCUT2D eigenvalue weighted by molar-refractivity contribution is -0.140. The summed E-state index contributed by atoms with van der Waals surface area (Å²) in [5, 5.41) is 42.0. The Kier molecular flexibility index (Phi) is 32.7. The Hall–Kier alpha value is -6.82. The van der Waals surface area contributed by atoms with Crippen LogP contribution in [0.25, 0.3) is 10.9 Å². The molecule has 6 N–H and O–H groups in total. The van der Waals surface area contributed by atoms with E-state index in [1.807, 2.05) is 32.9 Å². The highest BCUT2D eigenvalue weighted by atomic mass is 127. The zero-order valence-corrected chi connectivity index (χ0v) is 56.0. The molecule has 4 heterocycles. The number of pyridine rings is 1. The third-order valence-electron chi connectivity index (χ3n) is 16.6. The summed E-state index contributed by atoms with van der Waals surface area (Å²) in [7, 11) is 0. The summed E-state index contributed by atoms with van der Waals surface area (Å²) >= 11 is 3.57. The van der Waals surface area contributed by atoms with Crippen molar-refractivity contribution in [3.8, 4) is 11.8 Å². The first-order chi connectivity index (χ1) is 44.8. The highest BCUT2D eigenvalue weighted by Crippen LogP contribution is 2.30. The van der Waals surface area contributed by atoms with Gasteiger partial charge in [-0.25, -0.2) is 4.39 Å². The summed E-state index contributed by atoms with van der Waals surface area (Å²) in [6.45, 7) is 5.76. The number of aliphatic hydroxyl groups is 1. The van der Waals surface area contributed by atoms with E-state index in [1.165, 1.54) is 24.9 Å². The Bertz CT molecular complexity index is 2960. The minimum atomic E-state index is -1.68. The molecule has 0 spiro atoms. The average molecular weight is 1430 g/mol. The third kappa shape index (κ3) is 27.2. The smallest absolute Gasteiger partial charge is 0.317 e. The molecule has 26 nitrogen and oxygen atoms in total. The zero-order chi connectivity index (χ0) is 67.0. The monoisotopic (exact) mass is 1430 g/mol. The molecule has 3 fully saturated rings. The largest absolute Gasteiger partial charge is 0.494 e. The van der Waals surface area contributed by atoms with Crippen molar-refractivity contribution >= 4 is 99.6 Å². The van der Waals surface area contributed by atoms with E-state index in [2.05, 4.69) is 61.0 Å². The second kappa shape index (κ2) is 40.4. The van der Waals surface area contributed by atoms with Gasteiger partial charge < -0.3 is 55.5 Å². The van der Waals surface area contributed by atoms with Crippen molar-refractivity contribution in [3.05, 3.63) is 69.4 Å². The molecule has 1 unspecified atom stereocenters. The maximum absolute atomic E-state index is 14.6. The molecule has 29 heteroatoms.